The maximum Gasteiger partial charge on any atom is 0.0730 e. The van der Waals surface area contributed by atoms with Crippen LogP contribution in [0.25, 0.3) is 0 Å². The summed E-state index contributed by atoms with van der Waals surface area (Å²) in [5.74, 6) is 0.537. The van der Waals surface area contributed by atoms with E-state index >= 15 is 0 Å². The summed E-state index contributed by atoms with van der Waals surface area (Å²) in [6.07, 6.45) is 1.89. The first-order valence-corrected chi connectivity index (χ1v) is 5.32. The van der Waals surface area contributed by atoms with Gasteiger partial charge in [0.05, 0.1) is 4.99 Å². The van der Waals surface area contributed by atoms with Gasteiger partial charge in [0.15, 0.2) is 0 Å². The first-order chi connectivity index (χ1) is 6.58. The minimum absolute atomic E-state index is 0.537. The molecular weight excluding hydrogens is 190 g/mol. The highest BCUT2D eigenvalue weighted by Crippen LogP contribution is 2.12. The minimum Gasteiger partial charge on any atom is -0.393 e. The molecule has 1 atom stereocenters. The Bertz CT molecular complexity index is 303. The molecular formula is C12H17NS. The maximum absolute atomic E-state index is 5.50. The van der Waals surface area contributed by atoms with Crippen molar-refractivity contribution in [3.8, 4) is 0 Å². The van der Waals surface area contributed by atoms with E-state index in [2.05, 4.69) is 38.1 Å². The van der Waals surface area contributed by atoms with E-state index in [9.17, 15) is 0 Å². The second-order valence-corrected chi connectivity index (χ2v) is 4.49. The Kier molecular flexibility index (Phi) is 4.08. The van der Waals surface area contributed by atoms with Gasteiger partial charge >= 0.3 is 0 Å². The molecule has 0 saturated carbocycles. The molecule has 2 heteroatoms. The highest BCUT2D eigenvalue weighted by atomic mass is 32.1. The zero-order valence-electron chi connectivity index (χ0n) is 8.79. The Morgan fingerprint density at radius 2 is 1.93 bits per heavy atom. The van der Waals surface area contributed by atoms with E-state index in [1.165, 1.54) is 11.1 Å². The molecule has 0 bridgehead atoms. The van der Waals surface area contributed by atoms with Crippen LogP contribution in [0, 0.1) is 12.8 Å². The fourth-order valence-corrected chi connectivity index (χ4v) is 1.83. The summed E-state index contributed by atoms with van der Waals surface area (Å²) in [7, 11) is 0. The van der Waals surface area contributed by atoms with Crippen LogP contribution >= 0.6 is 12.2 Å². The molecule has 0 aliphatic carbocycles. The molecule has 0 amide bonds. The summed E-state index contributed by atoms with van der Waals surface area (Å²) < 4.78 is 0. The molecule has 0 fully saturated rings. The van der Waals surface area contributed by atoms with Gasteiger partial charge in [-0.15, -0.1) is 0 Å². The standard InChI is InChI=1S/C12H17NS/c1-9-3-5-11(6-4-9)7-10(2)8-12(13)14/h3-6,10H,7-8H2,1-2H3,(H2,13,14). The minimum atomic E-state index is 0.537. The Labute approximate surface area is 91.3 Å². The molecule has 1 aromatic carbocycles. The molecule has 0 aliphatic rings. The van der Waals surface area contributed by atoms with E-state index in [-0.39, 0.29) is 0 Å². The molecule has 0 aromatic heterocycles. The van der Waals surface area contributed by atoms with Gasteiger partial charge in [-0.3, -0.25) is 0 Å². The van der Waals surface area contributed by atoms with Gasteiger partial charge in [-0.1, -0.05) is 49.0 Å². The Morgan fingerprint density at radius 3 is 2.43 bits per heavy atom. The molecule has 2 N–H and O–H groups in total. The van der Waals surface area contributed by atoms with Crippen LogP contribution < -0.4 is 5.73 Å². The SMILES string of the molecule is Cc1ccc(CC(C)CC(N)=S)cc1. The summed E-state index contributed by atoms with van der Waals surface area (Å²) in [6, 6.07) is 8.63. The lowest BCUT2D eigenvalue weighted by Gasteiger charge is -2.10. The van der Waals surface area contributed by atoms with Gasteiger partial charge in [0.2, 0.25) is 0 Å². The number of rotatable bonds is 4. The van der Waals surface area contributed by atoms with Crippen LogP contribution in [-0.4, -0.2) is 4.99 Å². The molecule has 14 heavy (non-hydrogen) atoms. The second-order valence-electron chi connectivity index (χ2n) is 3.97. The smallest absolute Gasteiger partial charge is 0.0730 e. The largest absolute Gasteiger partial charge is 0.393 e. The summed E-state index contributed by atoms with van der Waals surface area (Å²) >= 11 is 4.89. The zero-order chi connectivity index (χ0) is 10.6. The first kappa shape index (κ1) is 11.2. The Balaban J connectivity index is 2.51. The van der Waals surface area contributed by atoms with Crippen molar-refractivity contribution >= 4 is 17.2 Å². The van der Waals surface area contributed by atoms with Crippen molar-refractivity contribution in [2.45, 2.75) is 26.7 Å². The lowest BCUT2D eigenvalue weighted by Crippen LogP contribution is -2.13. The zero-order valence-corrected chi connectivity index (χ0v) is 9.60. The van der Waals surface area contributed by atoms with E-state index in [1.54, 1.807) is 0 Å². The van der Waals surface area contributed by atoms with Crippen molar-refractivity contribution in [3.63, 3.8) is 0 Å². The average Bonchev–Trinajstić information content (AvgIpc) is 2.07. The van der Waals surface area contributed by atoms with Gasteiger partial charge in [0.25, 0.3) is 0 Å². The molecule has 0 radical (unpaired) electrons. The first-order valence-electron chi connectivity index (χ1n) is 4.92. The summed E-state index contributed by atoms with van der Waals surface area (Å²) in [5.41, 5.74) is 8.16. The fourth-order valence-electron chi connectivity index (χ4n) is 1.54. The normalized spacial score (nSPS) is 12.4. The van der Waals surface area contributed by atoms with E-state index in [1.807, 2.05) is 0 Å². The number of benzene rings is 1. The van der Waals surface area contributed by atoms with Crippen molar-refractivity contribution in [2.75, 3.05) is 0 Å². The molecule has 0 aliphatic heterocycles. The van der Waals surface area contributed by atoms with E-state index in [0.29, 0.717) is 10.9 Å². The highest BCUT2D eigenvalue weighted by Gasteiger charge is 2.04. The van der Waals surface area contributed by atoms with Gasteiger partial charge in [-0.25, -0.2) is 0 Å². The van der Waals surface area contributed by atoms with E-state index in [4.69, 9.17) is 18.0 Å². The Morgan fingerprint density at radius 1 is 1.36 bits per heavy atom. The molecule has 0 heterocycles. The van der Waals surface area contributed by atoms with Crippen LogP contribution in [0.15, 0.2) is 24.3 Å². The lowest BCUT2D eigenvalue weighted by atomic mass is 9.97. The van der Waals surface area contributed by atoms with Crippen LogP contribution in [0.4, 0.5) is 0 Å². The van der Waals surface area contributed by atoms with Gasteiger partial charge in [-0.05, 0) is 24.8 Å². The molecule has 0 saturated heterocycles. The monoisotopic (exact) mass is 207 g/mol. The molecule has 0 spiro atoms. The third-order valence-corrected chi connectivity index (χ3v) is 2.42. The van der Waals surface area contributed by atoms with Crippen LogP contribution in [-0.2, 0) is 6.42 Å². The number of thiocarbonyl (C=S) groups is 1. The lowest BCUT2D eigenvalue weighted by molar-refractivity contribution is 0.607. The van der Waals surface area contributed by atoms with Crippen LogP contribution in [0.2, 0.25) is 0 Å². The number of hydrogen-bond donors (Lipinski definition) is 1. The molecule has 76 valence electrons. The van der Waals surface area contributed by atoms with Gasteiger partial charge in [0, 0.05) is 6.42 Å². The van der Waals surface area contributed by atoms with Crippen LogP contribution in [0.5, 0.6) is 0 Å². The molecule has 1 unspecified atom stereocenters. The number of nitrogens with two attached hydrogens (primary N) is 1. The fraction of sp³-hybridized carbons (Fsp3) is 0.417. The van der Waals surface area contributed by atoms with E-state index < -0.39 is 0 Å². The number of aryl methyl sites for hydroxylation is 1. The highest BCUT2D eigenvalue weighted by molar-refractivity contribution is 7.80. The third kappa shape index (κ3) is 3.88. The number of hydrogen-bond acceptors (Lipinski definition) is 1. The summed E-state index contributed by atoms with van der Waals surface area (Å²) in [4.78, 5) is 0.615. The van der Waals surface area contributed by atoms with E-state index in [0.717, 1.165) is 12.8 Å². The van der Waals surface area contributed by atoms with Crippen molar-refractivity contribution in [3.05, 3.63) is 35.4 Å². The second kappa shape index (κ2) is 5.11. The maximum atomic E-state index is 5.50. The van der Waals surface area contributed by atoms with Crippen LogP contribution in [0.1, 0.15) is 24.5 Å². The van der Waals surface area contributed by atoms with Crippen LogP contribution in [0.3, 0.4) is 0 Å². The topological polar surface area (TPSA) is 26.0 Å². The quantitative estimate of drug-likeness (QED) is 0.768. The predicted octanol–water partition coefficient (Wildman–Crippen LogP) is 2.85. The van der Waals surface area contributed by atoms with Crippen molar-refractivity contribution in [1.29, 1.82) is 0 Å². The molecule has 1 rings (SSSR count). The predicted molar refractivity (Wildman–Crippen MR) is 65.4 cm³/mol. The Hall–Kier alpha value is -0.890. The van der Waals surface area contributed by atoms with Crippen molar-refractivity contribution < 1.29 is 0 Å². The third-order valence-electron chi connectivity index (χ3n) is 2.25. The average molecular weight is 207 g/mol. The van der Waals surface area contributed by atoms with Gasteiger partial charge in [0.1, 0.15) is 0 Å². The molecule has 1 nitrogen and oxygen atoms in total. The molecule has 1 aromatic rings. The summed E-state index contributed by atoms with van der Waals surface area (Å²) in [5, 5.41) is 0. The summed E-state index contributed by atoms with van der Waals surface area (Å²) in [6.45, 7) is 4.28. The van der Waals surface area contributed by atoms with Gasteiger partial charge < -0.3 is 5.73 Å². The van der Waals surface area contributed by atoms with Crippen molar-refractivity contribution in [2.24, 2.45) is 11.7 Å². The van der Waals surface area contributed by atoms with Gasteiger partial charge in [-0.2, -0.15) is 0 Å². The van der Waals surface area contributed by atoms with Crippen molar-refractivity contribution in [1.82, 2.24) is 0 Å².